The molecule has 1 N–H and O–H groups in total. The minimum absolute atomic E-state index is 0.331. The summed E-state index contributed by atoms with van der Waals surface area (Å²) in [5.41, 5.74) is 1.23. The minimum atomic E-state index is 0.331. The minimum Gasteiger partial charge on any atom is -0.437 e. The van der Waals surface area contributed by atoms with E-state index in [4.69, 9.17) is 4.74 Å². The number of para-hydroxylation sites is 1. The van der Waals surface area contributed by atoms with Gasteiger partial charge in [0, 0.05) is 0 Å². The number of nitriles is 1. The highest BCUT2D eigenvalue weighted by Gasteiger charge is 2.20. The van der Waals surface area contributed by atoms with Gasteiger partial charge in [-0.05, 0) is 38.1 Å². The van der Waals surface area contributed by atoms with Gasteiger partial charge in [0.15, 0.2) is 5.65 Å². The van der Waals surface area contributed by atoms with Gasteiger partial charge in [-0.3, -0.25) is 0 Å². The van der Waals surface area contributed by atoms with E-state index in [1.54, 1.807) is 24.4 Å². The molecule has 1 saturated heterocycles. The zero-order valence-electron chi connectivity index (χ0n) is 13.0. The monoisotopic (exact) mass is 320 g/mol. The van der Waals surface area contributed by atoms with E-state index in [0.717, 1.165) is 37.0 Å². The van der Waals surface area contributed by atoms with Crippen molar-refractivity contribution >= 4 is 11.0 Å². The van der Waals surface area contributed by atoms with Gasteiger partial charge < -0.3 is 10.1 Å². The van der Waals surface area contributed by atoms with Crippen LogP contribution in [0.5, 0.6) is 11.6 Å². The summed E-state index contributed by atoms with van der Waals surface area (Å²) in [6.07, 6.45) is 5.26. The molecule has 0 amide bonds. The summed E-state index contributed by atoms with van der Waals surface area (Å²) < 4.78 is 7.83. The quantitative estimate of drug-likeness (QED) is 0.797. The molecule has 4 rings (SSSR count). The van der Waals surface area contributed by atoms with Crippen LogP contribution in [0.1, 0.15) is 24.4 Å². The second kappa shape index (κ2) is 6.26. The van der Waals surface area contributed by atoms with Crippen LogP contribution < -0.4 is 10.1 Å². The molecule has 24 heavy (non-hydrogen) atoms. The lowest BCUT2D eigenvalue weighted by Crippen LogP contribution is -2.29. The molecular formula is C17H16N6O. The Balaban J connectivity index is 1.72. The molecule has 0 atom stereocenters. The molecule has 0 spiro atoms. The van der Waals surface area contributed by atoms with E-state index in [2.05, 4.69) is 26.5 Å². The maximum atomic E-state index is 9.20. The van der Waals surface area contributed by atoms with Gasteiger partial charge in [0.2, 0.25) is 5.88 Å². The molecule has 0 aliphatic carbocycles. The Bertz CT molecular complexity index is 907. The average Bonchev–Trinajstić information content (AvgIpc) is 3.08. The van der Waals surface area contributed by atoms with E-state index in [1.165, 1.54) is 6.33 Å². The fraction of sp³-hybridized carbons (Fsp3) is 0.294. The first-order chi connectivity index (χ1) is 11.9. The molecule has 3 heterocycles. The SMILES string of the molecule is N#Cc1ccccc1Oc1ncnc2c1cnn2C1CCNCC1. The van der Waals surface area contributed by atoms with Crippen LogP contribution >= 0.6 is 0 Å². The van der Waals surface area contributed by atoms with Gasteiger partial charge in [-0.25, -0.2) is 14.6 Å². The third-order valence-corrected chi connectivity index (χ3v) is 4.22. The fourth-order valence-electron chi connectivity index (χ4n) is 2.99. The third kappa shape index (κ3) is 2.57. The number of piperidine rings is 1. The van der Waals surface area contributed by atoms with Crippen LogP contribution in [0.25, 0.3) is 11.0 Å². The van der Waals surface area contributed by atoms with Crippen LogP contribution in [0.4, 0.5) is 0 Å². The molecule has 1 aliphatic heterocycles. The predicted molar refractivity (Wildman–Crippen MR) is 87.7 cm³/mol. The summed E-state index contributed by atoms with van der Waals surface area (Å²) in [4.78, 5) is 8.61. The Hall–Kier alpha value is -2.98. The lowest BCUT2D eigenvalue weighted by molar-refractivity contribution is 0.349. The van der Waals surface area contributed by atoms with Crippen LogP contribution in [0.3, 0.4) is 0 Å². The fourth-order valence-corrected chi connectivity index (χ4v) is 2.99. The van der Waals surface area contributed by atoms with Crippen molar-refractivity contribution in [3.8, 4) is 17.7 Å². The van der Waals surface area contributed by atoms with Gasteiger partial charge in [-0.15, -0.1) is 0 Å². The topological polar surface area (TPSA) is 88.7 Å². The molecule has 0 unspecified atom stereocenters. The summed E-state index contributed by atoms with van der Waals surface area (Å²) in [7, 11) is 0. The van der Waals surface area contributed by atoms with E-state index in [-0.39, 0.29) is 0 Å². The first kappa shape index (κ1) is 14.6. The van der Waals surface area contributed by atoms with E-state index in [0.29, 0.717) is 23.2 Å². The number of nitrogens with one attached hydrogen (secondary N) is 1. The van der Waals surface area contributed by atoms with E-state index in [1.807, 2.05) is 10.7 Å². The van der Waals surface area contributed by atoms with Gasteiger partial charge in [-0.1, -0.05) is 12.1 Å². The summed E-state index contributed by atoms with van der Waals surface area (Å²) >= 11 is 0. The smallest absolute Gasteiger partial charge is 0.233 e. The summed E-state index contributed by atoms with van der Waals surface area (Å²) in [6.45, 7) is 1.96. The van der Waals surface area contributed by atoms with Crippen molar-refractivity contribution in [2.75, 3.05) is 13.1 Å². The standard InChI is InChI=1S/C17H16N6O/c18-9-12-3-1-2-4-15(12)24-17-14-10-22-23(16(14)20-11-21-17)13-5-7-19-8-6-13/h1-4,10-11,13,19H,5-8H2. The Morgan fingerprint density at radius 1 is 1.21 bits per heavy atom. The van der Waals surface area contributed by atoms with E-state index in [9.17, 15) is 5.26 Å². The van der Waals surface area contributed by atoms with Crippen molar-refractivity contribution in [2.24, 2.45) is 0 Å². The molecule has 3 aromatic rings. The number of rotatable bonds is 3. The first-order valence-corrected chi connectivity index (χ1v) is 7.93. The molecule has 1 aliphatic rings. The van der Waals surface area contributed by atoms with Crippen LogP contribution in [0, 0.1) is 11.3 Å². The second-order valence-corrected chi connectivity index (χ2v) is 5.70. The summed E-state index contributed by atoms with van der Waals surface area (Å²) in [5, 5.41) is 17.8. The van der Waals surface area contributed by atoms with Crippen molar-refractivity contribution in [3.05, 3.63) is 42.4 Å². The summed E-state index contributed by atoms with van der Waals surface area (Å²) in [5.74, 6) is 0.900. The zero-order chi connectivity index (χ0) is 16.4. The largest absolute Gasteiger partial charge is 0.437 e. The summed E-state index contributed by atoms with van der Waals surface area (Å²) in [6, 6.07) is 9.55. The molecule has 1 aromatic carbocycles. The maximum Gasteiger partial charge on any atom is 0.233 e. The number of benzene rings is 1. The van der Waals surface area contributed by atoms with Crippen molar-refractivity contribution < 1.29 is 4.74 Å². The maximum absolute atomic E-state index is 9.20. The van der Waals surface area contributed by atoms with Gasteiger partial charge in [0.05, 0.1) is 17.8 Å². The van der Waals surface area contributed by atoms with Crippen LogP contribution in [0.2, 0.25) is 0 Å². The lowest BCUT2D eigenvalue weighted by atomic mass is 10.1. The van der Waals surface area contributed by atoms with Crippen molar-refractivity contribution in [1.82, 2.24) is 25.1 Å². The highest BCUT2D eigenvalue weighted by Crippen LogP contribution is 2.30. The number of hydrogen-bond acceptors (Lipinski definition) is 6. The highest BCUT2D eigenvalue weighted by molar-refractivity contribution is 5.80. The van der Waals surface area contributed by atoms with Crippen LogP contribution in [-0.2, 0) is 0 Å². The van der Waals surface area contributed by atoms with Crippen molar-refractivity contribution in [2.45, 2.75) is 18.9 Å². The predicted octanol–water partition coefficient (Wildman–Crippen LogP) is 2.41. The van der Waals surface area contributed by atoms with Gasteiger partial charge in [0.25, 0.3) is 0 Å². The molecule has 0 bridgehead atoms. The number of ether oxygens (including phenoxy) is 1. The molecular weight excluding hydrogens is 304 g/mol. The number of fused-ring (bicyclic) bond motifs is 1. The van der Waals surface area contributed by atoms with E-state index < -0.39 is 0 Å². The van der Waals surface area contributed by atoms with Crippen LogP contribution in [0.15, 0.2) is 36.8 Å². The van der Waals surface area contributed by atoms with Gasteiger partial charge in [0.1, 0.15) is 23.5 Å². The van der Waals surface area contributed by atoms with Gasteiger partial charge in [-0.2, -0.15) is 10.4 Å². The van der Waals surface area contributed by atoms with Crippen molar-refractivity contribution in [3.63, 3.8) is 0 Å². The Morgan fingerprint density at radius 2 is 2.04 bits per heavy atom. The molecule has 0 saturated carbocycles. The van der Waals surface area contributed by atoms with E-state index >= 15 is 0 Å². The first-order valence-electron chi connectivity index (χ1n) is 7.93. The number of aromatic nitrogens is 4. The third-order valence-electron chi connectivity index (χ3n) is 4.22. The molecule has 7 heteroatoms. The normalized spacial score (nSPS) is 15.3. The molecule has 2 aromatic heterocycles. The Morgan fingerprint density at radius 3 is 2.88 bits per heavy atom. The molecule has 0 radical (unpaired) electrons. The Kier molecular flexibility index (Phi) is 3.81. The molecule has 120 valence electrons. The number of hydrogen-bond donors (Lipinski definition) is 1. The van der Waals surface area contributed by atoms with Crippen LogP contribution in [-0.4, -0.2) is 32.8 Å². The molecule has 7 nitrogen and oxygen atoms in total. The second-order valence-electron chi connectivity index (χ2n) is 5.70. The van der Waals surface area contributed by atoms with Crippen molar-refractivity contribution in [1.29, 1.82) is 5.26 Å². The zero-order valence-corrected chi connectivity index (χ0v) is 13.0. The van der Waals surface area contributed by atoms with Gasteiger partial charge >= 0.3 is 0 Å². The molecule has 1 fully saturated rings. The number of nitrogens with zero attached hydrogens (tertiary/aromatic N) is 5. The average molecular weight is 320 g/mol. The lowest BCUT2D eigenvalue weighted by Gasteiger charge is -2.23. The Labute approximate surface area is 138 Å². The highest BCUT2D eigenvalue weighted by atomic mass is 16.5.